The molecule has 1 aromatic heterocycles. The molecule has 0 aliphatic carbocycles. The fourth-order valence-electron chi connectivity index (χ4n) is 2.00. The van der Waals surface area contributed by atoms with Crippen LogP contribution in [0.2, 0.25) is 0 Å². The normalized spacial score (nSPS) is 14.2. The number of para-hydroxylation sites is 1. The number of rotatable bonds is 4. The molecular weight excluding hydrogens is 261 g/mol. The maximum Gasteiger partial charge on any atom is 0.287 e. The van der Waals surface area contributed by atoms with Crippen LogP contribution in [0.1, 0.15) is 36.4 Å². The summed E-state index contributed by atoms with van der Waals surface area (Å²) in [7, 11) is 0. The zero-order valence-electron chi connectivity index (χ0n) is 11.8. The standard InChI is InChI=1S/C15H18FNO3/c1-4-15(3,8-18)17-14(19)12-9(2)10-6-5-7-11(16)13(10)20-12/h5-7,18H,4,8H2,1-3H3,(H,17,19). The van der Waals surface area contributed by atoms with Gasteiger partial charge in [0.25, 0.3) is 5.91 Å². The van der Waals surface area contributed by atoms with E-state index in [1.165, 1.54) is 6.07 Å². The van der Waals surface area contributed by atoms with Gasteiger partial charge in [0, 0.05) is 10.9 Å². The highest BCUT2D eigenvalue weighted by molar-refractivity contribution is 5.99. The number of fused-ring (bicyclic) bond motifs is 1. The molecule has 1 unspecified atom stereocenters. The third-order valence-corrected chi connectivity index (χ3v) is 3.67. The highest BCUT2D eigenvalue weighted by Gasteiger charge is 2.27. The highest BCUT2D eigenvalue weighted by Crippen LogP contribution is 2.27. The number of hydrogen-bond donors (Lipinski definition) is 2. The van der Waals surface area contributed by atoms with Crippen molar-refractivity contribution in [3.63, 3.8) is 0 Å². The third kappa shape index (κ3) is 2.41. The number of carbonyl (C=O) groups excluding carboxylic acids is 1. The number of aryl methyl sites for hydroxylation is 1. The average molecular weight is 279 g/mol. The Bertz CT molecular complexity index is 644. The van der Waals surface area contributed by atoms with Crippen LogP contribution in [0.15, 0.2) is 22.6 Å². The highest BCUT2D eigenvalue weighted by atomic mass is 19.1. The van der Waals surface area contributed by atoms with Crippen LogP contribution in [0.25, 0.3) is 11.0 Å². The Balaban J connectivity index is 2.41. The van der Waals surface area contributed by atoms with Crippen LogP contribution in [0, 0.1) is 12.7 Å². The minimum Gasteiger partial charge on any atom is -0.448 e. The molecule has 20 heavy (non-hydrogen) atoms. The van der Waals surface area contributed by atoms with E-state index >= 15 is 0 Å². The van der Waals surface area contributed by atoms with Crippen molar-refractivity contribution in [2.45, 2.75) is 32.7 Å². The molecule has 0 aliphatic heterocycles. The predicted octanol–water partition coefficient (Wildman–Crippen LogP) is 2.77. The largest absolute Gasteiger partial charge is 0.448 e. The first-order valence-corrected chi connectivity index (χ1v) is 6.53. The van der Waals surface area contributed by atoms with Crippen molar-refractivity contribution in [2.75, 3.05) is 6.61 Å². The number of benzene rings is 1. The quantitative estimate of drug-likeness (QED) is 0.904. The predicted molar refractivity (Wildman–Crippen MR) is 74.2 cm³/mol. The summed E-state index contributed by atoms with van der Waals surface area (Å²) in [6, 6.07) is 4.57. The lowest BCUT2D eigenvalue weighted by molar-refractivity contribution is 0.0820. The zero-order chi connectivity index (χ0) is 14.9. The Morgan fingerprint density at radius 1 is 1.50 bits per heavy atom. The molecule has 0 radical (unpaired) electrons. The van der Waals surface area contributed by atoms with Crippen LogP contribution in [0.5, 0.6) is 0 Å². The van der Waals surface area contributed by atoms with Crippen molar-refractivity contribution in [1.82, 2.24) is 5.32 Å². The van der Waals surface area contributed by atoms with Gasteiger partial charge in [0.1, 0.15) is 0 Å². The Morgan fingerprint density at radius 2 is 2.20 bits per heavy atom. The van der Waals surface area contributed by atoms with Crippen LogP contribution in [0.3, 0.4) is 0 Å². The van der Waals surface area contributed by atoms with Crippen molar-refractivity contribution >= 4 is 16.9 Å². The minimum atomic E-state index is -0.721. The molecule has 0 fully saturated rings. The SMILES string of the molecule is CCC(C)(CO)NC(=O)c1oc2c(F)cccc2c1C. The number of aliphatic hydroxyl groups is 1. The summed E-state index contributed by atoms with van der Waals surface area (Å²) in [6.07, 6.45) is 0.572. The summed E-state index contributed by atoms with van der Waals surface area (Å²) in [5, 5.41) is 12.6. The molecular formula is C15H18FNO3. The molecule has 108 valence electrons. The van der Waals surface area contributed by atoms with Gasteiger partial charge < -0.3 is 14.8 Å². The molecule has 0 bridgehead atoms. The summed E-state index contributed by atoms with van der Waals surface area (Å²) in [4.78, 5) is 12.2. The van der Waals surface area contributed by atoms with E-state index in [1.807, 2.05) is 6.92 Å². The van der Waals surface area contributed by atoms with Crippen molar-refractivity contribution in [1.29, 1.82) is 0 Å². The topological polar surface area (TPSA) is 62.5 Å². The van der Waals surface area contributed by atoms with Gasteiger partial charge in [-0.2, -0.15) is 0 Å². The van der Waals surface area contributed by atoms with Gasteiger partial charge in [0.05, 0.1) is 12.1 Å². The molecule has 0 aliphatic rings. The fraction of sp³-hybridized carbons (Fsp3) is 0.400. The maximum atomic E-state index is 13.6. The van der Waals surface area contributed by atoms with Gasteiger partial charge >= 0.3 is 0 Å². The molecule has 2 N–H and O–H groups in total. The lowest BCUT2D eigenvalue weighted by Gasteiger charge is -2.26. The van der Waals surface area contributed by atoms with Gasteiger partial charge in [0.15, 0.2) is 17.2 Å². The number of halogens is 1. The number of nitrogens with one attached hydrogen (secondary N) is 1. The number of amides is 1. The summed E-state index contributed by atoms with van der Waals surface area (Å²) in [5.74, 6) is -0.861. The Kier molecular flexibility index (Phi) is 3.81. The van der Waals surface area contributed by atoms with E-state index < -0.39 is 17.3 Å². The average Bonchev–Trinajstić information content (AvgIpc) is 2.78. The number of furan rings is 1. The van der Waals surface area contributed by atoms with Crippen molar-refractivity contribution < 1.29 is 18.7 Å². The van der Waals surface area contributed by atoms with E-state index in [2.05, 4.69) is 5.32 Å². The smallest absolute Gasteiger partial charge is 0.287 e. The molecule has 0 spiro atoms. The molecule has 1 aromatic carbocycles. The first-order valence-electron chi connectivity index (χ1n) is 6.53. The van der Waals surface area contributed by atoms with Gasteiger partial charge in [-0.15, -0.1) is 0 Å². The van der Waals surface area contributed by atoms with E-state index in [4.69, 9.17) is 4.42 Å². The molecule has 1 heterocycles. The molecule has 2 aromatic rings. The molecule has 2 rings (SSSR count). The first kappa shape index (κ1) is 14.5. The summed E-state index contributed by atoms with van der Waals surface area (Å²) < 4.78 is 19.0. The monoisotopic (exact) mass is 279 g/mol. The van der Waals surface area contributed by atoms with Crippen molar-refractivity contribution in [3.05, 3.63) is 35.3 Å². The second kappa shape index (κ2) is 5.25. The number of aliphatic hydroxyl groups excluding tert-OH is 1. The Hall–Kier alpha value is -1.88. The van der Waals surface area contributed by atoms with E-state index in [-0.39, 0.29) is 18.0 Å². The summed E-state index contributed by atoms with van der Waals surface area (Å²) >= 11 is 0. The zero-order valence-corrected chi connectivity index (χ0v) is 11.8. The van der Waals surface area contributed by atoms with E-state index in [0.29, 0.717) is 17.4 Å². The van der Waals surface area contributed by atoms with Crippen molar-refractivity contribution in [2.24, 2.45) is 0 Å². The number of hydrogen-bond acceptors (Lipinski definition) is 3. The fourth-order valence-corrected chi connectivity index (χ4v) is 2.00. The van der Waals surface area contributed by atoms with E-state index in [9.17, 15) is 14.3 Å². The van der Waals surface area contributed by atoms with Crippen LogP contribution in [-0.4, -0.2) is 23.2 Å². The van der Waals surface area contributed by atoms with Crippen LogP contribution >= 0.6 is 0 Å². The molecule has 0 saturated carbocycles. The Labute approximate surface area is 116 Å². The van der Waals surface area contributed by atoms with E-state index in [1.54, 1.807) is 26.0 Å². The molecule has 1 atom stereocenters. The molecule has 0 saturated heterocycles. The second-order valence-electron chi connectivity index (χ2n) is 5.20. The molecule has 4 nitrogen and oxygen atoms in total. The molecule has 5 heteroatoms. The minimum absolute atomic E-state index is 0.0809. The van der Waals surface area contributed by atoms with Gasteiger partial charge in [0.2, 0.25) is 0 Å². The van der Waals surface area contributed by atoms with Crippen LogP contribution < -0.4 is 5.32 Å². The van der Waals surface area contributed by atoms with Gasteiger partial charge in [-0.3, -0.25) is 4.79 Å². The van der Waals surface area contributed by atoms with Crippen molar-refractivity contribution in [3.8, 4) is 0 Å². The lowest BCUT2D eigenvalue weighted by atomic mass is 10.00. The van der Waals surface area contributed by atoms with Crippen LogP contribution in [-0.2, 0) is 0 Å². The van der Waals surface area contributed by atoms with Crippen LogP contribution in [0.4, 0.5) is 4.39 Å². The summed E-state index contributed by atoms with van der Waals surface area (Å²) in [5.41, 5.74) is -0.0492. The Morgan fingerprint density at radius 3 is 2.75 bits per heavy atom. The second-order valence-corrected chi connectivity index (χ2v) is 5.20. The number of carbonyl (C=O) groups is 1. The van der Waals surface area contributed by atoms with Gasteiger partial charge in [-0.25, -0.2) is 4.39 Å². The first-order chi connectivity index (χ1) is 9.41. The van der Waals surface area contributed by atoms with E-state index in [0.717, 1.165) is 0 Å². The summed E-state index contributed by atoms with van der Waals surface area (Å²) in [6.45, 7) is 5.14. The maximum absolute atomic E-state index is 13.6. The lowest BCUT2D eigenvalue weighted by Crippen LogP contribution is -2.48. The van der Waals surface area contributed by atoms with Gasteiger partial charge in [-0.1, -0.05) is 19.1 Å². The molecule has 1 amide bonds. The third-order valence-electron chi connectivity index (χ3n) is 3.67. The van der Waals surface area contributed by atoms with Gasteiger partial charge in [-0.05, 0) is 26.3 Å².